The first-order chi connectivity index (χ1) is 13.2. The van der Waals surface area contributed by atoms with Gasteiger partial charge in [-0.1, -0.05) is 31.5 Å². The SMILES string of the molecule is CC(C)CC[N+]1=C(SCc2c(F)cccc2Cl)N=C2C1C(=O)N(C)C(=O)N2C. The lowest BCUT2D eigenvalue weighted by atomic mass is 10.1. The second kappa shape index (κ2) is 8.21. The number of halogens is 2. The lowest BCUT2D eigenvalue weighted by molar-refractivity contribution is -0.534. The van der Waals surface area contributed by atoms with E-state index >= 15 is 0 Å². The number of hydrogen-bond donors (Lipinski definition) is 0. The molecule has 1 aromatic carbocycles. The average Bonchev–Trinajstić information content (AvgIpc) is 3.01. The minimum Gasteiger partial charge on any atom is -0.269 e. The number of carbonyl (C=O) groups excluding carboxylic acids is 2. The molecular formula is C19H23ClFN4O2S+. The van der Waals surface area contributed by atoms with E-state index in [1.54, 1.807) is 19.2 Å². The van der Waals surface area contributed by atoms with Gasteiger partial charge in [0.25, 0.3) is 17.8 Å². The second-order valence-corrected chi connectivity index (χ2v) is 8.61. The molecule has 1 unspecified atom stereocenters. The molecule has 0 spiro atoms. The van der Waals surface area contributed by atoms with Gasteiger partial charge < -0.3 is 0 Å². The van der Waals surface area contributed by atoms with Crippen molar-refractivity contribution in [1.29, 1.82) is 0 Å². The van der Waals surface area contributed by atoms with Crippen molar-refractivity contribution in [3.63, 3.8) is 0 Å². The van der Waals surface area contributed by atoms with Gasteiger partial charge in [0.2, 0.25) is 0 Å². The van der Waals surface area contributed by atoms with E-state index in [9.17, 15) is 14.0 Å². The summed E-state index contributed by atoms with van der Waals surface area (Å²) in [5, 5.41) is 0.955. The number of urea groups is 1. The highest BCUT2D eigenvalue weighted by molar-refractivity contribution is 8.13. The van der Waals surface area contributed by atoms with Gasteiger partial charge in [0, 0.05) is 30.4 Å². The molecule has 0 bridgehead atoms. The number of amides is 3. The van der Waals surface area contributed by atoms with Crippen molar-refractivity contribution in [3.05, 3.63) is 34.6 Å². The molecule has 0 radical (unpaired) electrons. The minimum atomic E-state index is -0.634. The van der Waals surface area contributed by atoms with E-state index in [4.69, 9.17) is 11.6 Å². The summed E-state index contributed by atoms with van der Waals surface area (Å²) in [4.78, 5) is 32.2. The smallest absolute Gasteiger partial charge is 0.269 e. The standard InChI is InChI=1S/C19H23ClFN4O2S/c1-11(2)8-9-25-15-16(23(3)19(27)24(4)17(15)26)22-18(25)28-10-12-13(20)6-5-7-14(12)21/h5-7,11,15H,8-10H2,1-4H3/q+1. The van der Waals surface area contributed by atoms with Crippen molar-refractivity contribution in [3.8, 4) is 0 Å². The number of carbonyl (C=O) groups is 2. The van der Waals surface area contributed by atoms with Gasteiger partial charge >= 0.3 is 11.2 Å². The van der Waals surface area contributed by atoms with Crippen LogP contribution in [0.4, 0.5) is 9.18 Å². The molecule has 1 atom stereocenters. The molecule has 9 heteroatoms. The third kappa shape index (κ3) is 3.80. The molecule has 1 aromatic rings. The van der Waals surface area contributed by atoms with Gasteiger partial charge in [-0.3, -0.25) is 14.6 Å². The molecule has 2 aliphatic rings. The van der Waals surface area contributed by atoms with E-state index in [0.717, 1.165) is 11.3 Å². The number of benzene rings is 1. The maximum Gasteiger partial charge on any atom is 0.358 e. The van der Waals surface area contributed by atoms with E-state index in [0.29, 0.717) is 34.1 Å². The zero-order chi connectivity index (χ0) is 20.6. The molecule has 3 amide bonds. The van der Waals surface area contributed by atoms with Gasteiger partial charge in [0.1, 0.15) is 5.82 Å². The van der Waals surface area contributed by atoms with Gasteiger partial charge in [-0.15, -0.1) is 0 Å². The molecule has 2 aliphatic heterocycles. The Labute approximate surface area is 173 Å². The van der Waals surface area contributed by atoms with Crippen molar-refractivity contribution in [1.82, 2.24) is 9.80 Å². The number of rotatable bonds is 5. The van der Waals surface area contributed by atoms with Crippen LogP contribution in [0.3, 0.4) is 0 Å². The van der Waals surface area contributed by atoms with Gasteiger partial charge in [0.15, 0.2) is 0 Å². The Balaban J connectivity index is 1.93. The summed E-state index contributed by atoms with van der Waals surface area (Å²) in [6, 6.07) is 3.53. The third-order valence-electron chi connectivity index (χ3n) is 4.85. The van der Waals surface area contributed by atoms with Crippen molar-refractivity contribution < 1.29 is 18.6 Å². The molecule has 1 fully saturated rings. The quantitative estimate of drug-likeness (QED) is 0.679. The highest BCUT2D eigenvalue weighted by Crippen LogP contribution is 2.28. The number of imide groups is 1. The maximum atomic E-state index is 14.1. The highest BCUT2D eigenvalue weighted by atomic mass is 35.5. The number of hydrogen-bond acceptors (Lipinski definition) is 4. The molecule has 0 aromatic heterocycles. The second-order valence-electron chi connectivity index (χ2n) is 7.26. The molecule has 150 valence electrons. The van der Waals surface area contributed by atoms with Crippen LogP contribution in [0.25, 0.3) is 0 Å². The van der Waals surface area contributed by atoms with Crippen molar-refractivity contribution in [2.24, 2.45) is 10.9 Å². The summed E-state index contributed by atoms with van der Waals surface area (Å²) in [5.41, 5.74) is 0.397. The largest absolute Gasteiger partial charge is 0.358 e. The number of aliphatic imine (C=N–C) groups is 1. The van der Waals surface area contributed by atoms with Gasteiger partial charge in [0.05, 0.1) is 6.54 Å². The highest BCUT2D eigenvalue weighted by Gasteiger charge is 2.53. The van der Waals surface area contributed by atoms with E-state index in [1.807, 2.05) is 4.58 Å². The maximum absolute atomic E-state index is 14.1. The number of amidine groups is 2. The number of likely N-dealkylation sites (N-methyl/N-ethyl adjacent to an activating group) is 2. The van der Waals surface area contributed by atoms with Crippen LogP contribution in [0.5, 0.6) is 0 Å². The number of thioether (sulfide) groups is 1. The molecule has 0 N–H and O–H groups in total. The normalized spacial score (nSPS) is 19.7. The van der Waals surface area contributed by atoms with Crippen LogP contribution >= 0.6 is 23.4 Å². The molecule has 28 heavy (non-hydrogen) atoms. The Morgan fingerprint density at radius 1 is 1.29 bits per heavy atom. The first-order valence-electron chi connectivity index (χ1n) is 9.05. The molecule has 0 saturated carbocycles. The Hall–Kier alpha value is -1.93. The Morgan fingerprint density at radius 3 is 2.64 bits per heavy atom. The topological polar surface area (TPSA) is 56.0 Å². The van der Waals surface area contributed by atoms with E-state index in [2.05, 4.69) is 18.8 Å². The molecule has 2 heterocycles. The Bertz CT molecular complexity index is 866. The zero-order valence-electron chi connectivity index (χ0n) is 16.3. The Kier molecular flexibility index (Phi) is 6.09. The predicted octanol–water partition coefficient (Wildman–Crippen LogP) is 3.43. The van der Waals surface area contributed by atoms with Crippen LogP contribution in [-0.4, -0.2) is 64.0 Å². The summed E-state index contributed by atoms with van der Waals surface area (Å²) in [5.74, 6) is 0.459. The summed E-state index contributed by atoms with van der Waals surface area (Å²) in [7, 11) is 3.09. The molecule has 1 saturated heterocycles. The summed E-state index contributed by atoms with van der Waals surface area (Å²) in [6.45, 7) is 4.83. The molecular weight excluding hydrogens is 403 g/mol. The van der Waals surface area contributed by atoms with Crippen molar-refractivity contribution in [2.45, 2.75) is 32.1 Å². The fourth-order valence-electron chi connectivity index (χ4n) is 3.12. The van der Waals surface area contributed by atoms with Crippen molar-refractivity contribution in [2.75, 3.05) is 20.6 Å². The first kappa shape index (κ1) is 20.8. The van der Waals surface area contributed by atoms with E-state index in [-0.39, 0.29) is 17.5 Å². The van der Waals surface area contributed by atoms with Crippen LogP contribution in [0.15, 0.2) is 23.2 Å². The summed E-state index contributed by atoms with van der Waals surface area (Å²) in [6.07, 6.45) is 0.860. The van der Waals surface area contributed by atoms with Gasteiger partial charge in [-0.2, -0.15) is 0 Å². The zero-order valence-corrected chi connectivity index (χ0v) is 17.9. The fourth-order valence-corrected chi connectivity index (χ4v) is 4.52. The van der Waals surface area contributed by atoms with Crippen LogP contribution < -0.4 is 0 Å². The lowest BCUT2D eigenvalue weighted by Crippen LogP contribution is -2.61. The lowest BCUT2D eigenvalue weighted by Gasteiger charge is -2.30. The number of fused-ring (bicyclic) bond motifs is 1. The van der Waals surface area contributed by atoms with Crippen LogP contribution in [0, 0.1) is 11.7 Å². The third-order valence-corrected chi connectivity index (χ3v) is 6.22. The van der Waals surface area contributed by atoms with E-state index in [1.165, 1.54) is 29.8 Å². The fraction of sp³-hybridized carbons (Fsp3) is 0.474. The summed E-state index contributed by atoms with van der Waals surface area (Å²) < 4.78 is 16.0. The van der Waals surface area contributed by atoms with Crippen LogP contribution in [0.1, 0.15) is 25.8 Å². The average molecular weight is 426 g/mol. The van der Waals surface area contributed by atoms with Crippen LogP contribution in [0.2, 0.25) is 5.02 Å². The van der Waals surface area contributed by atoms with Crippen molar-refractivity contribution >= 4 is 46.3 Å². The minimum absolute atomic E-state index is 0.282. The molecule has 6 nitrogen and oxygen atoms in total. The summed E-state index contributed by atoms with van der Waals surface area (Å²) >= 11 is 7.45. The predicted molar refractivity (Wildman–Crippen MR) is 109 cm³/mol. The van der Waals surface area contributed by atoms with E-state index < -0.39 is 12.1 Å². The molecule has 3 rings (SSSR count). The monoisotopic (exact) mass is 425 g/mol. The van der Waals surface area contributed by atoms with Crippen LogP contribution in [-0.2, 0) is 10.5 Å². The first-order valence-corrected chi connectivity index (χ1v) is 10.4. The Morgan fingerprint density at radius 2 is 2.00 bits per heavy atom. The number of nitrogens with zero attached hydrogens (tertiary/aromatic N) is 4. The van der Waals surface area contributed by atoms with Gasteiger partial charge in [-0.05, 0) is 41.2 Å². The molecule has 0 aliphatic carbocycles. The van der Waals surface area contributed by atoms with Gasteiger partial charge in [-0.25, -0.2) is 13.8 Å².